The number of carbonyl (C=O) groups is 1. The van der Waals surface area contributed by atoms with Crippen molar-refractivity contribution in [2.24, 2.45) is 0 Å². The number of fused-ring (bicyclic) bond motifs is 1. The van der Waals surface area contributed by atoms with Gasteiger partial charge in [-0.05, 0) is 29.8 Å². The zero-order valence-electron chi connectivity index (χ0n) is 11.2. The Morgan fingerprint density at radius 3 is 2.33 bits per heavy atom. The van der Waals surface area contributed by atoms with Crippen LogP contribution in [0.5, 0.6) is 0 Å². The summed E-state index contributed by atoms with van der Waals surface area (Å²) in [6.07, 6.45) is -1.35. The molecule has 0 aromatic heterocycles. The average molecular weight is 309 g/mol. The summed E-state index contributed by atoms with van der Waals surface area (Å²) in [5.41, 5.74) is 0. The minimum Gasteiger partial charge on any atom is -0.480 e. The zero-order valence-corrected chi connectivity index (χ0v) is 12.0. The Kier molecular flexibility index (Phi) is 4.26. The van der Waals surface area contributed by atoms with Gasteiger partial charge in [-0.1, -0.05) is 30.3 Å². The lowest BCUT2D eigenvalue weighted by atomic mass is 10.1. The van der Waals surface area contributed by atoms with Crippen LogP contribution in [0.15, 0.2) is 47.4 Å². The topological polar surface area (TPSA) is 104 Å². The van der Waals surface area contributed by atoms with Gasteiger partial charge in [0.05, 0.1) is 11.0 Å². The maximum atomic E-state index is 12.2. The molecule has 2 aromatic carbocycles. The van der Waals surface area contributed by atoms with Crippen LogP contribution in [0.1, 0.15) is 6.92 Å². The van der Waals surface area contributed by atoms with Crippen LogP contribution in [-0.4, -0.2) is 36.7 Å². The SMILES string of the molecule is C[C@@H](O)[C@@H](NS(=O)(=O)c1ccc2ccccc2c1)C(=O)O. The molecule has 2 rings (SSSR count). The molecule has 0 aliphatic heterocycles. The number of benzene rings is 2. The highest BCUT2D eigenvalue weighted by Gasteiger charge is 2.29. The molecule has 0 amide bonds. The molecule has 0 fully saturated rings. The molecule has 0 spiro atoms. The molecule has 0 saturated carbocycles. The van der Waals surface area contributed by atoms with E-state index in [1.165, 1.54) is 19.1 Å². The first-order valence-corrected chi connectivity index (χ1v) is 7.71. The minimum atomic E-state index is -4.03. The largest absolute Gasteiger partial charge is 0.480 e. The second-order valence-corrected chi connectivity index (χ2v) is 6.40. The molecule has 0 unspecified atom stereocenters. The van der Waals surface area contributed by atoms with Crippen molar-refractivity contribution in [2.75, 3.05) is 0 Å². The molecule has 0 saturated heterocycles. The Morgan fingerprint density at radius 2 is 1.76 bits per heavy atom. The summed E-state index contributed by atoms with van der Waals surface area (Å²) in [7, 11) is -4.03. The summed E-state index contributed by atoms with van der Waals surface area (Å²) in [4.78, 5) is 10.9. The maximum absolute atomic E-state index is 12.2. The number of aliphatic carboxylic acids is 1. The number of nitrogens with one attached hydrogen (secondary N) is 1. The number of hydrogen-bond donors (Lipinski definition) is 3. The molecule has 112 valence electrons. The summed E-state index contributed by atoms with van der Waals surface area (Å²) in [5, 5.41) is 19.9. The molecular weight excluding hydrogens is 294 g/mol. The molecule has 3 N–H and O–H groups in total. The van der Waals surface area contributed by atoms with Crippen molar-refractivity contribution in [2.45, 2.75) is 24.0 Å². The lowest BCUT2D eigenvalue weighted by Gasteiger charge is -2.17. The number of aliphatic hydroxyl groups excluding tert-OH is 1. The van der Waals surface area contributed by atoms with Crippen molar-refractivity contribution in [3.05, 3.63) is 42.5 Å². The standard InChI is InChI=1S/C14H15NO5S/c1-9(16)13(14(17)18)15-21(19,20)12-7-6-10-4-2-3-5-11(10)8-12/h2-9,13,15-16H,1H3,(H,17,18)/t9-,13-/m1/s1. The minimum absolute atomic E-state index is 0.0481. The number of carboxylic acid groups (broad SMARTS) is 1. The number of sulfonamides is 1. The van der Waals surface area contributed by atoms with Crippen LogP contribution in [0.2, 0.25) is 0 Å². The summed E-state index contributed by atoms with van der Waals surface area (Å²) >= 11 is 0. The van der Waals surface area contributed by atoms with Gasteiger partial charge in [-0.15, -0.1) is 0 Å². The van der Waals surface area contributed by atoms with E-state index in [1.807, 2.05) is 16.9 Å². The van der Waals surface area contributed by atoms with Crippen LogP contribution >= 0.6 is 0 Å². The highest BCUT2D eigenvalue weighted by Crippen LogP contribution is 2.19. The molecular formula is C14H15NO5S. The van der Waals surface area contributed by atoms with E-state index in [-0.39, 0.29) is 4.90 Å². The van der Waals surface area contributed by atoms with Gasteiger partial charge in [-0.25, -0.2) is 8.42 Å². The fraction of sp³-hybridized carbons (Fsp3) is 0.214. The number of hydrogen-bond acceptors (Lipinski definition) is 4. The molecule has 0 radical (unpaired) electrons. The quantitative estimate of drug-likeness (QED) is 0.763. The monoisotopic (exact) mass is 309 g/mol. The fourth-order valence-electron chi connectivity index (χ4n) is 1.92. The zero-order chi connectivity index (χ0) is 15.6. The first kappa shape index (κ1) is 15.4. The van der Waals surface area contributed by atoms with E-state index in [1.54, 1.807) is 18.2 Å². The Morgan fingerprint density at radius 1 is 1.14 bits per heavy atom. The second kappa shape index (κ2) is 5.80. The Balaban J connectivity index is 2.39. The van der Waals surface area contributed by atoms with E-state index in [0.717, 1.165) is 10.8 Å². The summed E-state index contributed by atoms with van der Waals surface area (Å²) in [6, 6.07) is 10.1. The highest BCUT2D eigenvalue weighted by molar-refractivity contribution is 7.89. The van der Waals surface area contributed by atoms with Crippen LogP contribution in [0.4, 0.5) is 0 Å². The lowest BCUT2D eigenvalue weighted by molar-refractivity contribution is -0.141. The van der Waals surface area contributed by atoms with Crippen LogP contribution in [0.3, 0.4) is 0 Å². The lowest BCUT2D eigenvalue weighted by Crippen LogP contribution is -2.47. The smallest absolute Gasteiger partial charge is 0.324 e. The molecule has 0 aliphatic rings. The Labute approximate surface area is 122 Å². The normalized spacial score (nSPS) is 14.8. The molecule has 2 aromatic rings. The van der Waals surface area contributed by atoms with Crippen LogP contribution in [0.25, 0.3) is 10.8 Å². The fourth-order valence-corrected chi connectivity index (χ4v) is 3.22. The van der Waals surface area contributed by atoms with E-state index < -0.39 is 28.1 Å². The number of rotatable bonds is 5. The highest BCUT2D eigenvalue weighted by atomic mass is 32.2. The average Bonchev–Trinajstić information content (AvgIpc) is 2.43. The third-order valence-electron chi connectivity index (χ3n) is 3.06. The predicted molar refractivity (Wildman–Crippen MR) is 77.4 cm³/mol. The van der Waals surface area contributed by atoms with Gasteiger partial charge in [-0.3, -0.25) is 4.79 Å². The van der Waals surface area contributed by atoms with Gasteiger partial charge in [-0.2, -0.15) is 4.72 Å². The summed E-state index contributed by atoms with van der Waals surface area (Å²) in [5.74, 6) is -1.44. The molecule has 2 atom stereocenters. The molecule has 7 heteroatoms. The van der Waals surface area contributed by atoms with Crippen molar-refractivity contribution >= 4 is 26.8 Å². The molecule has 0 heterocycles. The second-order valence-electron chi connectivity index (χ2n) is 4.69. The summed E-state index contributed by atoms with van der Waals surface area (Å²) in [6.45, 7) is 1.21. The van der Waals surface area contributed by atoms with E-state index in [4.69, 9.17) is 5.11 Å². The number of aliphatic hydroxyl groups is 1. The van der Waals surface area contributed by atoms with Crippen molar-refractivity contribution in [1.82, 2.24) is 4.72 Å². The van der Waals surface area contributed by atoms with Gasteiger partial charge in [0.2, 0.25) is 10.0 Å². The van der Waals surface area contributed by atoms with Crippen molar-refractivity contribution in [1.29, 1.82) is 0 Å². The van der Waals surface area contributed by atoms with Gasteiger partial charge in [0.25, 0.3) is 0 Å². The molecule has 6 nitrogen and oxygen atoms in total. The predicted octanol–water partition coefficient (Wildman–Crippen LogP) is 0.952. The van der Waals surface area contributed by atoms with Gasteiger partial charge < -0.3 is 10.2 Å². The first-order valence-electron chi connectivity index (χ1n) is 6.23. The van der Waals surface area contributed by atoms with Crippen molar-refractivity contribution < 1.29 is 23.4 Å². The van der Waals surface area contributed by atoms with Gasteiger partial charge in [0.15, 0.2) is 0 Å². The van der Waals surface area contributed by atoms with E-state index in [9.17, 15) is 18.3 Å². The first-order chi connectivity index (χ1) is 9.81. The van der Waals surface area contributed by atoms with Gasteiger partial charge in [0.1, 0.15) is 6.04 Å². The molecule has 0 aliphatic carbocycles. The third kappa shape index (κ3) is 3.38. The molecule has 21 heavy (non-hydrogen) atoms. The Bertz CT molecular complexity index is 770. The van der Waals surface area contributed by atoms with E-state index in [0.29, 0.717) is 0 Å². The Hall–Kier alpha value is -1.96. The van der Waals surface area contributed by atoms with Crippen LogP contribution in [-0.2, 0) is 14.8 Å². The molecule has 0 bridgehead atoms. The van der Waals surface area contributed by atoms with E-state index >= 15 is 0 Å². The summed E-state index contributed by atoms with van der Waals surface area (Å²) < 4.78 is 26.4. The number of carboxylic acids is 1. The van der Waals surface area contributed by atoms with Crippen molar-refractivity contribution in [3.63, 3.8) is 0 Å². The van der Waals surface area contributed by atoms with Gasteiger partial charge >= 0.3 is 5.97 Å². The van der Waals surface area contributed by atoms with Crippen molar-refractivity contribution in [3.8, 4) is 0 Å². The van der Waals surface area contributed by atoms with Crippen LogP contribution < -0.4 is 4.72 Å². The van der Waals surface area contributed by atoms with Gasteiger partial charge in [0, 0.05) is 0 Å². The van der Waals surface area contributed by atoms with E-state index in [2.05, 4.69) is 0 Å². The van der Waals surface area contributed by atoms with Crippen LogP contribution in [0, 0.1) is 0 Å². The third-order valence-corrected chi connectivity index (χ3v) is 4.50. The maximum Gasteiger partial charge on any atom is 0.324 e.